The highest BCUT2D eigenvalue weighted by atomic mass is 16.6. The third-order valence-electron chi connectivity index (χ3n) is 5.65. The summed E-state index contributed by atoms with van der Waals surface area (Å²) in [5.74, 6) is 1.10. The molecule has 0 aliphatic carbocycles. The van der Waals surface area contributed by atoms with Gasteiger partial charge >= 0.3 is 6.09 Å². The third kappa shape index (κ3) is 8.79. The molecule has 184 valence electrons. The maximum Gasteiger partial charge on any atom is 0.417 e. The van der Waals surface area contributed by atoms with Gasteiger partial charge in [-0.2, -0.15) is 0 Å². The van der Waals surface area contributed by atoms with E-state index in [2.05, 4.69) is 41.5 Å². The predicted molar refractivity (Wildman–Crippen MR) is 130 cm³/mol. The van der Waals surface area contributed by atoms with E-state index in [9.17, 15) is 9.59 Å². The number of carbonyl (C=O) groups excluding carboxylic acids is 2. The molecule has 1 fully saturated rings. The Hall–Kier alpha value is -2.42. The summed E-state index contributed by atoms with van der Waals surface area (Å²) in [6, 6.07) is 9.01. The van der Waals surface area contributed by atoms with Crippen molar-refractivity contribution in [3.63, 3.8) is 0 Å². The first-order chi connectivity index (χ1) is 15.9. The molecule has 2 rings (SSSR count). The molecule has 1 unspecified atom stereocenters. The SMILES string of the molecule is CNCC1(OC)CN(CNC(=O)CCCC/C=C/C(C)C)CCN1C(=O)Oc1ccccc1. The monoisotopic (exact) mass is 460 g/mol. The molecule has 8 nitrogen and oxygen atoms in total. The van der Waals surface area contributed by atoms with Crippen LogP contribution in [-0.2, 0) is 9.53 Å². The van der Waals surface area contributed by atoms with Crippen LogP contribution >= 0.6 is 0 Å². The van der Waals surface area contributed by atoms with E-state index in [0.717, 1.165) is 19.3 Å². The van der Waals surface area contributed by atoms with Gasteiger partial charge in [-0.15, -0.1) is 0 Å². The summed E-state index contributed by atoms with van der Waals surface area (Å²) in [5.41, 5.74) is -0.896. The highest BCUT2D eigenvalue weighted by Gasteiger charge is 2.45. The van der Waals surface area contributed by atoms with E-state index in [4.69, 9.17) is 9.47 Å². The molecule has 1 aromatic rings. The maximum absolute atomic E-state index is 12.9. The van der Waals surface area contributed by atoms with E-state index in [1.807, 2.05) is 25.2 Å². The van der Waals surface area contributed by atoms with Crippen molar-refractivity contribution in [3.05, 3.63) is 42.5 Å². The molecule has 0 spiro atoms. The zero-order valence-corrected chi connectivity index (χ0v) is 20.5. The molecule has 8 heteroatoms. The lowest BCUT2D eigenvalue weighted by Crippen LogP contribution is -2.69. The summed E-state index contributed by atoms with van der Waals surface area (Å²) >= 11 is 0. The predicted octanol–water partition coefficient (Wildman–Crippen LogP) is 3.21. The molecule has 2 N–H and O–H groups in total. The largest absolute Gasteiger partial charge is 0.417 e. The summed E-state index contributed by atoms with van der Waals surface area (Å²) in [7, 11) is 3.41. The molecule has 1 atom stereocenters. The Balaban J connectivity index is 1.85. The summed E-state index contributed by atoms with van der Waals surface area (Å²) in [6.07, 6.45) is 7.34. The molecular weight excluding hydrogens is 420 g/mol. The van der Waals surface area contributed by atoms with Gasteiger partial charge in [-0.25, -0.2) is 4.79 Å². The summed E-state index contributed by atoms with van der Waals surface area (Å²) < 4.78 is 11.4. The van der Waals surface area contributed by atoms with Gasteiger partial charge in [0.25, 0.3) is 0 Å². The number of allylic oxidation sites excluding steroid dienone is 2. The van der Waals surface area contributed by atoms with Gasteiger partial charge in [-0.05, 0) is 44.4 Å². The maximum atomic E-state index is 12.9. The zero-order chi connectivity index (χ0) is 24.1. The number of piperazine rings is 1. The number of ether oxygens (including phenoxy) is 2. The van der Waals surface area contributed by atoms with Gasteiger partial charge in [-0.1, -0.05) is 44.2 Å². The van der Waals surface area contributed by atoms with Crippen LogP contribution in [0.5, 0.6) is 5.75 Å². The minimum Gasteiger partial charge on any atom is -0.410 e. The van der Waals surface area contributed by atoms with Crippen LogP contribution in [0, 0.1) is 5.92 Å². The van der Waals surface area contributed by atoms with Crippen LogP contribution in [0.4, 0.5) is 4.79 Å². The highest BCUT2D eigenvalue weighted by molar-refractivity contribution is 5.75. The van der Waals surface area contributed by atoms with Gasteiger partial charge in [0.1, 0.15) is 5.75 Å². The first-order valence-electron chi connectivity index (χ1n) is 11.8. The smallest absolute Gasteiger partial charge is 0.410 e. The van der Waals surface area contributed by atoms with Crippen molar-refractivity contribution in [1.82, 2.24) is 20.4 Å². The van der Waals surface area contributed by atoms with E-state index in [1.54, 1.807) is 24.1 Å². The molecular formula is C25H40N4O4. The van der Waals surface area contributed by atoms with E-state index < -0.39 is 11.8 Å². The Morgan fingerprint density at radius 3 is 2.61 bits per heavy atom. The number of methoxy groups -OCH3 is 1. The van der Waals surface area contributed by atoms with Gasteiger partial charge in [0.15, 0.2) is 5.72 Å². The highest BCUT2D eigenvalue weighted by Crippen LogP contribution is 2.24. The second-order valence-corrected chi connectivity index (χ2v) is 8.74. The molecule has 0 saturated carbocycles. The second-order valence-electron chi connectivity index (χ2n) is 8.74. The Labute approximate surface area is 198 Å². The summed E-state index contributed by atoms with van der Waals surface area (Å²) in [5, 5.41) is 6.13. The van der Waals surface area contributed by atoms with Gasteiger partial charge < -0.3 is 20.1 Å². The topological polar surface area (TPSA) is 83.1 Å². The fraction of sp³-hybridized carbons (Fsp3) is 0.600. The van der Waals surface area contributed by atoms with Crippen molar-refractivity contribution in [2.75, 3.05) is 47.0 Å². The van der Waals surface area contributed by atoms with Crippen LogP contribution in [0.2, 0.25) is 0 Å². The van der Waals surface area contributed by atoms with Crippen LogP contribution in [-0.4, -0.2) is 74.5 Å². The molecule has 1 aromatic carbocycles. The molecule has 1 aliphatic rings. The van der Waals surface area contributed by atoms with Gasteiger partial charge in [-0.3, -0.25) is 14.6 Å². The number of para-hydroxylation sites is 1. The van der Waals surface area contributed by atoms with Crippen molar-refractivity contribution >= 4 is 12.0 Å². The van der Waals surface area contributed by atoms with E-state index >= 15 is 0 Å². The Morgan fingerprint density at radius 1 is 1.18 bits per heavy atom. The Morgan fingerprint density at radius 2 is 1.94 bits per heavy atom. The van der Waals surface area contributed by atoms with E-state index in [-0.39, 0.29) is 5.91 Å². The number of amides is 2. The number of likely N-dealkylation sites (N-methyl/N-ethyl adjacent to an activating group) is 1. The average molecular weight is 461 g/mol. The zero-order valence-electron chi connectivity index (χ0n) is 20.5. The molecule has 1 heterocycles. The molecule has 0 radical (unpaired) electrons. The van der Waals surface area contributed by atoms with Crippen molar-refractivity contribution in [1.29, 1.82) is 0 Å². The number of hydrogen-bond acceptors (Lipinski definition) is 6. The third-order valence-corrected chi connectivity index (χ3v) is 5.65. The Kier molecular flexibility index (Phi) is 11.4. The minimum atomic E-state index is -0.896. The van der Waals surface area contributed by atoms with Crippen molar-refractivity contribution in [2.24, 2.45) is 5.92 Å². The number of unbranched alkanes of at least 4 members (excludes halogenated alkanes) is 2. The first-order valence-corrected chi connectivity index (χ1v) is 11.8. The first kappa shape index (κ1) is 26.8. The lowest BCUT2D eigenvalue weighted by molar-refractivity contribution is -0.155. The van der Waals surface area contributed by atoms with Crippen LogP contribution in [0.1, 0.15) is 39.5 Å². The fourth-order valence-electron chi connectivity index (χ4n) is 3.88. The van der Waals surface area contributed by atoms with E-state index in [1.165, 1.54) is 0 Å². The quantitative estimate of drug-likeness (QED) is 0.368. The standard InChI is InChI=1S/C25H40N4O4/c1-21(2)12-8-5-6-11-15-23(30)27-20-28-16-17-29(25(19-28,32-4)18-26-3)24(31)33-22-13-9-7-10-14-22/h7-10,12-14,21,26H,5-6,11,15-20H2,1-4H3,(H,27,30)/b12-8+. The van der Waals surface area contributed by atoms with Crippen molar-refractivity contribution in [2.45, 2.75) is 45.3 Å². The number of benzene rings is 1. The summed E-state index contributed by atoms with van der Waals surface area (Å²) in [6.45, 7) is 6.66. The van der Waals surface area contributed by atoms with Crippen molar-refractivity contribution in [3.8, 4) is 5.75 Å². The number of hydrogen-bond donors (Lipinski definition) is 2. The van der Waals surface area contributed by atoms with E-state index in [0.29, 0.717) is 50.9 Å². The molecule has 0 bridgehead atoms. The number of carbonyl (C=O) groups is 2. The van der Waals surface area contributed by atoms with Crippen LogP contribution in [0.25, 0.3) is 0 Å². The van der Waals surface area contributed by atoms with Crippen LogP contribution < -0.4 is 15.4 Å². The lowest BCUT2D eigenvalue weighted by Gasteiger charge is -2.48. The number of rotatable bonds is 12. The summed E-state index contributed by atoms with van der Waals surface area (Å²) in [4.78, 5) is 28.9. The molecule has 1 saturated heterocycles. The minimum absolute atomic E-state index is 0.0467. The van der Waals surface area contributed by atoms with Gasteiger partial charge in [0.05, 0.1) is 6.67 Å². The lowest BCUT2D eigenvalue weighted by atomic mass is 10.1. The molecule has 0 aromatic heterocycles. The molecule has 2 amide bonds. The second kappa shape index (κ2) is 14.0. The molecule has 33 heavy (non-hydrogen) atoms. The van der Waals surface area contributed by atoms with Gasteiger partial charge in [0.2, 0.25) is 5.91 Å². The normalized spacial score (nSPS) is 19.2. The van der Waals surface area contributed by atoms with Crippen LogP contribution in [0.3, 0.4) is 0 Å². The Bertz CT molecular complexity index is 756. The van der Waals surface area contributed by atoms with Crippen LogP contribution in [0.15, 0.2) is 42.5 Å². The van der Waals surface area contributed by atoms with Crippen molar-refractivity contribution < 1.29 is 19.1 Å². The number of nitrogens with one attached hydrogen (secondary N) is 2. The fourth-order valence-corrected chi connectivity index (χ4v) is 3.88. The average Bonchev–Trinajstić information content (AvgIpc) is 2.80. The molecule has 1 aliphatic heterocycles. The number of nitrogens with zero attached hydrogens (tertiary/aromatic N) is 2. The van der Waals surface area contributed by atoms with Gasteiger partial charge in [0, 0.05) is 39.7 Å².